The fourth-order valence-electron chi connectivity index (χ4n) is 14.1. The summed E-state index contributed by atoms with van der Waals surface area (Å²) >= 11 is 0. The summed E-state index contributed by atoms with van der Waals surface area (Å²) in [5.41, 5.74) is 0.0896. The van der Waals surface area contributed by atoms with Crippen LogP contribution >= 0.6 is 0 Å². The van der Waals surface area contributed by atoms with E-state index < -0.39 is 118 Å². The Kier molecular flexibility index (Phi) is 14.9. The van der Waals surface area contributed by atoms with E-state index in [1.807, 2.05) is 6.92 Å². The van der Waals surface area contributed by atoms with Gasteiger partial charge in [-0.05, 0) is 104 Å². The van der Waals surface area contributed by atoms with Crippen molar-refractivity contribution in [2.24, 2.45) is 52.3 Å². The summed E-state index contributed by atoms with van der Waals surface area (Å²) in [6.45, 7) is 7.53. The Morgan fingerprint density at radius 2 is 1.19 bits per heavy atom. The van der Waals surface area contributed by atoms with Gasteiger partial charge in [0.1, 0.15) is 73.2 Å². The molecule has 19 nitrogen and oxygen atoms in total. The van der Waals surface area contributed by atoms with Crippen molar-refractivity contribution in [1.82, 2.24) is 0 Å². The summed E-state index contributed by atoms with van der Waals surface area (Å²) in [6, 6.07) is 0. The van der Waals surface area contributed by atoms with E-state index in [-0.39, 0.29) is 47.4 Å². The van der Waals surface area contributed by atoms with E-state index in [1.54, 1.807) is 0 Å². The number of fused-ring (bicyclic) bond motifs is 7. The molecule has 4 heterocycles. The number of hydrogen-bond donors (Lipinski definition) is 12. The van der Waals surface area contributed by atoms with E-state index in [1.165, 1.54) is 0 Å². The topological polar surface area (TPSA) is 307 Å². The largest absolute Gasteiger partial charge is 0.394 e. The second-order valence-corrected chi connectivity index (χ2v) is 21.5. The molecule has 1 unspecified atom stereocenters. The van der Waals surface area contributed by atoms with Crippen LogP contribution in [-0.2, 0) is 33.2 Å². The van der Waals surface area contributed by atoms with Gasteiger partial charge >= 0.3 is 0 Å². The van der Waals surface area contributed by atoms with Gasteiger partial charge in [0.2, 0.25) is 0 Å². The van der Waals surface area contributed by atoms with E-state index in [9.17, 15) is 61.3 Å². The normalized spacial score (nSPS) is 55.6. The Morgan fingerprint density at radius 1 is 0.625 bits per heavy atom. The Hall–Kier alpha value is -0.760. The van der Waals surface area contributed by atoms with Gasteiger partial charge < -0.3 is 94.4 Å². The molecule has 8 rings (SSSR count). The lowest BCUT2D eigenvalue weighted by molar-refractivity contribution is -0.338. The first-order valence-corrected chi connectivity index (χ1v) is 23.9. The van der Waals surface area contributed by atoms with Crippen molar-refractivity contribution in [2.75, 3.05) is 26.4 Å². The van der Waals surface area contributed by atoms with Gasteiger partial charge in [-0.2, -0.15) is 0 Å². The Labute approximate surface area is 374 Å². The summed E-state index contributed by atoms with van der Waals surface area (Å²) < 4.78 is 41.3. The molecule has 8 aliphatic rings. The average Bonchev–Trinajstić information content (AvgIpc) is 3.71. The van der Waals surface area contributed by atoms with Gasteiger partial charge in [-0.1, -0.05) is 27.7 Å². The molecule has 0 aromatic carbocycles. The van der Waals surface area contributed by atoms with Crippen LogP contribution in [-0.4, -0.2) is 198 Å². The zero-order valence-corrected chi connectivity index (χ0v) is 37.5. The molecule has 0 aromatic heterocycles. The molecule has 4 aliphatic heterocycles. The minimum atomic E-state index is -1.66. The monoisotopic (exact) mass is 920 g/mol. The Morgan fingerprint density at radius 3 is 1.81 bits per heavy atom. The molecule has 4 saturated carbocycles. The highest BCUT2D eigenvalue weighted by Crippen LogP contribution is 2.71. The minimum Gasteiger partial charge on any atom is -0.394 e. The predicted molar refractivity (Wildman–Crippen MR) is 219 cm³/mol. The molecule has 0 bridgehead atoms. The van der Waals surface area contributed by atoms with Crippen molar-refractivity contribution in [2.45, 2.75) is 202 Å². The molecular formula is C45H76O19. The lowest BCUT2D eigenvalue weighted by atomic mass is 9.44. The summed E-state index contributed by atoms with van der Waals surface area (Å²) in [4.78, 5) is 0. The third-order valence-corrected chi connectivity index (χ3v) is 18.0. The Bertz CT molecular complexity index is 1560. The van der Waals surface area contributed by atoms with Crippen LogP contribution in [0.1, 0.15) is 91.9 Å². The molecule has 0 amide bonds. The van der Waals surface area contributed by atoms with Gasteiger partial charge in [0.25, 0.3) is 0 Å². The number of rotatable bonds is 13. The van der Waals surface area contributed by atoms with Crippen LogP contribution in [0.25, 0.3) is 0 Å². The molecular weight excluding hydrogens is 844 g/mol. The molecule has 0 radical (unpaired) electrons. The van der Waals surface area contributed by atoms with Crippen molar-refractivity contribution < 1.29 is 94.4 Å². The zero-order chi connectivity index (χ0) is 46.2. The molecule has 4 aliphatic carbocycles. The maximum atomic E-state index is 12.0. The highest BCUT2D eigenvalue weighted by atomic mass is 16.7. The molecule has 4 saturated heterocycles. The van der Waals surface area contributed by atoms with E-state index in [2.05, 4.69) is 20.8 Å². The summed E-state index contributed by atoms with van der Waals surface area (Å²) in [7, 11) is 0. The number of aliphatic hydroxyl groups excluding tert-OH is 11. The SMILES string of the molecule is C[C@@H](CC[C@@]1(O)OC2C[C@H]3[C@@H]4CC[C@@H]5C[C@@H](O[C@@H]6O[C@H](CO[C@@H]7O[C@H](CO)[C@@H](O)[C@H](O)[C@H]7O)[C@@H](O)[C@H](O)[C@H]6O)CC[C@]5(C)[C@H]4CC[C@]3(C)[C@H]2[C@@H]1C)CO[C@@H]1O[C@H](CO)[C@@H](O)[C@H](O)[C@H]1O. The lowest BCUT2D eigenvalue weighted by Gasteiger charge is -2.61. The van der Waals surface area contributed by atoms with Crippen LogP contribution in [0, 0.1) is 52.3 Å². The highest BCUT2D eigenvalue weighted by Gasteiger charge is 2.68. The summed E-state index contributed by atoms with van der Waals surface area (Å²) in [5.74, 6) is 0.654. The standard InChI is InChI=1S/C45H76O19/c1-19(17-58-40-37(54)34(51)31(48)27(15-46)61-40)7-12-45(57)20(2)30-26(64-45)14-25-23-6-5-21-13-22(8-10-43(21,3)24(23)9-11-44(25,30)4)60-42-39(56)36(53)33(50)29(63-42)18-59-41-38(55)35(52)32(49)28(16-47)62-41/h19-42,46-57H,5-18H2,1-4H3/t19-,20-,21+,22-,23+,24-,25-,26?,27+,28+,29+,30-,31+,32+,33+,34-,35-,36-,37+,38+,39+,40+,41+,42+,43-,44-,45+/m0/s1. The number of aliphatic hydroxyl groups is 12. The van der Waals surface area contributed by atoms with E-state index in [4.69, 9.17) is 33.2 Å². The summed E-state index contributed by atoms with van der Waals surface area (Å²) in [6.07, 6.45) is -13.2. The molecule has 19 heteroatoms. The van der Waals surface area contributed by atoms with Crippen molar-refractivity contribution >= 4 is 0 Å². The maximum Gasteiger partial charge on any atom is 0.186 e. The lowest BCUT2D eigenvalue weighted by Crippen LogP contribution is -2.62. The van der Waals surface area contributed by atoms with Gasteiger partial charge in [-0.3, -0.25) is 0 Å². The van der Waals surface area contributed by atoms with Crippen LogP contribution in [0.2, 0.25) is 0 Å². The van der Waals surface area contributed by atoms with Crippen LogP contribution in [0.4, 0.5) is 0 Å². The van der Waals surface area contributed by atoms with Gasteiger partial charge in [-0.15, -0.1) is 0 Å². The first-order valence-electron chi connectivity index (χ1n) is 23.9. The number of hydrogen-bond acceptors (Lipinski definition) is 19. The van der Waals surface area contributed by atoms with E-state index in [0.717, 1.165) is 51.4 Å². The first-order chi connectivity index (χ1) is 30.3. The van der Waals surface area contributed by atoms with Crippen LogP contribution in [0.3, 0.4) is 0 Å². The third-order valence-electron chi connectivity index (χ3n) is 18.0. The first kappa shape index (κ1) is 49.7. The average molecular weight is 921 g/mol. The van der Waals surface area contributed by atoms with Gasteiger partial charge in [0.15, 0.2) is 24.7 Å². The fraction of sp³-hybridized carbons (Fsp3) is 1.00. The van der Waals surface area contributed by atoms with Crippen LogP contribution in [0.15, 0.2) is 0 Å². The quantitative estimate of drug-likeness (QED) is 0.0909. The van der Waals surface area contributed by atoms with E-state index in [0.29, 0.717) is 36.5 Å². The maximum absolute atomic E-state index is 12.0. The van der Waals surface area contributed by atoms with Crippen LogP contribution < -0.4 is 0 Å². The fourth-order valence-corrected chi connectivity index (χ4v) is 14.1. The predicted octanol–water partition coefficient (Wildman–Crippen LogP) is -1.78. The second kappa shape index (κ2) is 19.2. The highest BCUT2D eigenvalue weighted by molar-refractivity contribution is 5.15. The molecule has 370 valence electrons. The smallest absolute Gasteiger partial charge is 0.186 e. The summed E-state index contributed by atoms with van der Waals surface area (Å²) in [5, 5.41) is 125. The van der Waals surface area contributed by atoms with Crippen molar-refractivity contribution in [3.05, 3.63) is 0 Å². The number of ether oxygens (including phenoxy) is 7. The second-order valence-electron chi connectivity index (χ2n) is 21.5. The minimum absolute atomic E-state index is 0.0139. The van der Waals surface area contributed by atoms with E-state index >= 15 is 0 Å². The Balaban J connectivity index is 0.833. The molecule has 12 N–H and O–H groups in total. The third kappa shape index (κ3) is 8.76. The van der Waals surface area contributed by atoms with Gasteiger partial charge in [0, 0.05) is 12.3 Å². The zero-order valence-electron chi connectivity index (χ0n) is 37.5. The molecule has 64 heavy (non-hydrogen) atoms. The van der Waals surface area contributed by atoms with Crippen molar-refractivity contribution in [3.8, 4) is 0 Å². The molecule has 0 spiro atoms. The van der Waals surface area contributed by atoms with Crippen molar-refractivity contribution in [3.63, 3.8) is 0 Å². The van der Waals surface area contributed by atoms with Gasteiger partial charge in [0.05, 0.1) is 38.6 Å². The molecule has 27 atom stereocenters. The van der Waals surface area contributed by atoms with Crippen LogP contribution in [0.5, 0.6) is 0 Å². The molecule has 8 fully saturated rings. The van der Waals surface area contributed by atoms with Crippen molar-refractivity contribution in [1.29, 1.82) is 0 Å². The molecule has 0 aromatic rings. The van der Waals surface area contributed by atoms with Gasteiger partial charge in [-0.25, -0.2) is 0 Å².